The second kappa shape index (κ2) is 8.83. The van der Waals surface area contributed by atoms with Gasteiger partial charge in [0, 0.05) is 12.1 Å². The molecule has 4 nitrogen and oxygen atoms in total. The van der Waals surface area contributed by atoms with Crippen molar-refractivity contribution in [2.75, 3.05) is 19.6 Å². The largest absolute Gasteiger partial charge is 0.459 e. The topological polar surface area (TPSA) is 45.5 Å². The van der Waals surface area contributed by atoms with E-state index in [9.17, 15) is 4.79 Å². The summed E-state index contributed by atoms with van der Waals surface area (Å²) in [6, 6.07) is 14.0. The molecule has 1 N–H and O–H groups in total. The minimum absolute atomic E-state index is 0.162. The molecule has 136 valence electrons. The SMILES string of the molecule is CCN(CC)[C@@H](CNC(=O)c1occc1-c1ccccc1)c1ccsc1. The lowest BCUT2D eigenvalue weighted by Gasteiger charge is -2.29. The first kappa shape index (κ1) is 18.4. The summed E-state index contributed by atoms with van der Waals surface area (Å²) in [7, 11) is 0. The van der Waals surface area contributed by atoms with E-state index in [1.54, 1.807) is 17.6 Å². The third-order valence-electron chi connectivity index (χ3n) is 4.59. The van der Waals surface area contributed by atoms with Crippen LogP contribution < -0.4 is 5.32 Å². The third-order valence-corrected chi connectivity index (χ3v) is 5.29. The molecule has 0 aliphatic heterocycles. The molecule has 0 radical (unpaired) electrons. The number of nitrogens with zero attached hydrogens (tertiary/aromatic N) is 1. The summed E-state index contributed by atoms with van der Waals surface area (Å²) in [6.07, 6.45) is 1.57. The smallest absolute Gasteiger partial charge is 0.287 e. The maximum absolute atomic E-state index is 12.8. The zero-order valence-electron chi connectivity index (χ0n) is 15.1. The van der Waals surface area contributed by atoms with Crippen LogP contribution in [0.25, 0.3) is 11.1 Å². The highest BCUT2D eigenvalue weighted by Gasteiger charge is 2.22. The second-order valence-corrected chi connectivity index (χ2v) is 6.81. The van der Waals surface area contributed by atoms with E-state index in [2.05, 4.69) is 40.9 Å². The Hall–Kier alpha value is -2.37. The number of furan rings is 1. The number of likely N-dealkylation sites (N-methyl/N-ethyl adjacent to an activating group) is 1. The fraction of sp³-hybridized carbons (Fsp3) is 0.286. The number of benzene rings is 1. The third kappa shape index (κ3) is 4.06. The summed E-state index contributed by atoms with van der Waals surface area (Å²) in [5.74, 6) is 0.182. The van der Waals surface area contributed by atoms with Crippen LogP contribution in [0.3, 0.4) is 0 Å². The molecule has 1 atom stereocenters. The van der Waals surface area contributed by atoms with Crippen LogP contribution >= 0.6 is 11.3 Å². The van der Waals surface area contributed by atoms with Crippen LogP contribution in [0.15, 0.2) is 63.9 Å². The lowest BCUT2D eigenvalue weighted by molar-refractivity contribution is 0.0908. The van der Waals surface area contributed by atoms with Gasteiger partial charge in [-0.05, 0) is 47.1 Å². The van der Waals surface area contributed by atoms with Crippen molar-refractivity contribution in [1.82, 2.24) is 10.2 Å². The van der Waals surface area contributed by atoms with Crippen LogP contribution in [0.1, 0.15) is 36.0 Å². The molecule has 1 aromatic carbocycles. The summed E-state index contributed by atoms with van der Waals surface area (Å²) >= 11 is 1.68. The molecule has 0 spiro atoms. The quantitative estimate of drug-likeness (QED) is 0.620. The number of amides is 1. The van der Waals surface area contributed by atoms with E-state index in [0.717, 1.165) is 24.2 Å². The number of hydrogen-bond donors (Lipinski definition) is 1. The van der Waals surface area contributed by atoms with E-state index < -0.39 is 0 Å². The lowest BCUT2D eigenvalue weighted by atomic mass is 10.1. The molecule has 3 aromatic rings. The number of carbonyl (C=O) groups is 1. The molecule has 0 bridgehead atoms. The molecule has 0 saturated carbocycles. The fourth-order valence-electron chi connectivity index (χ4n) is 3.19. The zero-order chi connectivity index (χ0) is 18.4. The Morgan fingerprint density at radius 2 is 1.92 bits per heavy atom. The average molecular weight is 369 g/mol. The number of thiophene rings is 1. The lowest BCUT2D eigenvalue weighted by Crippen LogP contribution is -2.37. The van der Waals surface area contributed by atoms with E-state index in [4.69, 9.17) is 4.42 Å². The van der Waals surface area contributed by atoms with Gasteiger partial charge in [0.2, 0.25) is 0 Å². The molecule has 26 heavy (non-hydrogen) atoms. The van der Waals surface area contributed by atoms with Crippen LogP contribution in [0.5, 0.6) is 0 Å². The Morgan fingerprint density at radius 1 is 1.15 bits per heavy atom. The standard InChI is InChI=1S/C21H24N2O2S/c1-3-23(4-2)19(17-11-13-26-15-17)14-22-21(24)20-18(10-12-25-20)16-8-6-5-7-9-16/h5-13,15,19H,3-4,14H2,1-2H3,(H,22,24)/t19-/m0/s1. The first-order valence-electron chi connectivity index (χ1n) is 8.91. The van der Waals surface area contributed by atoms with Gasteiger partial charge < -0.3 is 9.73 Å². The van der Waals surface area contributed by atoms with Crippen molar-refractivity contribution in [2.45, 2.75) is 19.9 Å². The Labute approximate surface area is 158 Å². The van der Waals surface area contributed by atoms with Gasteiger partial charge >= 0.3 is 0 Å². The van der Waals surface area contributed by atoms with E-state index >= 15 is 0 Å². The average Bonchev–Trinajstić information content (AvgIpc) is 3.37. The van der Waals surface area contributed by atoms with Gasteiger partial charge in [0.1, 0.15) is 0 Å². The summed E-state index contributed by atoms with van der Waals surface area (Å²) in [5, 5.41) is 7.29. The van der Waals surface area contributed by atoms with Gasteiger partial charge in [0.15, 0.2) is 5.76 Å². The van der Waals surface area contributed by atoms with Crippen molar-refractivity contribution < 1.29 is 9.21 Å². The molecule has 5 heteroatoms. The maximum atomic E-state index is 12.8. The van der Waals surface area contributed by atoms with Gasteiger partial charge in [-0.2, -0.15) is 11.3 Å². The van der Waals surface area contributed by atoms with Crippen LogP contribution in [0.2, 0.25) is 0 Å². The van der Waals surface area contributed by atoms with Gasteiger partial charge in [0.05, 0.1) is 12.3 Å². The number of nitrogens with one attached hydrogen (secondary N) is 1. The van der Waals surface area contributed by atoms with Crippen molar-refractivity contribution >= 4 is 17.2 Å². The van der Waals surface area contributed by atoms with Crippen molar-refractivity contribution in [3.05, 3.63) is 70.8 Å². The van der Waals surface area contributed by atoms with Crippen molar-refractivity contribution in [3.8, 4) is 11.1 Å². The number of hydrogen-bond acceptors (Lipinski definition) is 4. The predicted octanol–water partition coefficient (Wildman–Crippen LogP) is 4.82. The van der Waals surface area contributed by atoms with Crippen LogP contribution in [-0.4, -0.2) is 30.4 Å². The molecule has 0 aliphatic carbocycles. The minimum Gasteiger partial charge on any atom is -0.459 e. The van der Waals surface area contributed by atoms with E-state index in [1.807, 2.05) is 36.4 Å². The minimum atomic E-state index is -0.179. The molecule has 0 unspecified atom stereocenters. The van der Waals surface area contributed by atoms with Gasteiger partial charge in [-0.1, -0.05) is 44.2 Å². The van der Waals surface area contributed by atoms with Crippen LogP contribution in [-0.2, 0) is 0 Å². The first-order valence-corrected chi connectivity index (χ1v) is 9.86. The van der Waals surface area contributed by atoms with Crippen LogP contribution in [0.4, 0.5) is 0 Å². The molecule has 2 heterocycles. The second-order valence-electron chi connectivity index (χ2n) is 6.03. The van der Waals surface area contributed by atoms with E-state index in [1.165, 1.54) is 5.56 Å². The molecule has 2 aromatic heterocycles. The van der Waals surface area contributed by atoms with Gasteiger partial charge in [-0.25, -0.2) is 0 Å². The van der Waals surface area contributed by atoms with E-state index in [0.29, 0.717) is 12.3 Å². The van der Waals surface area contributed by atoms with Crippen molar-refractivity contribution in [3.63, 3.8) is 0 Å². The van der Waals surface area contributed by atoms with E-state index in [-0.39, 0.29) is 11.9 Å². The fourth-order valence-corrected chi connectivity index (χ4v) is 3.89. The van der Waals surface area contributed by atoms with Crippen molar-refractivity contribution in [1.29, 1.82) is 0 Å². The monoisotopic (exact) mass is 368 g/mol. The zero-order valence-corrected chi connectivity index (χ0v) is 16.0. The molecule has 0 fully saturated rings. The summed E-state index contributed by atoms with van der Waals surface area (Å²) in [6.45, 7) is 6.70. The van der Waals surface area contributed by atoms with Gasteiger partial charge in [-0.15, -0.1) is 0 Å². The highest BCUT2D eigenvalue weighted by atomic mass is 32.1. The first-order chi connectivity index (χ1) is 12.7. The molecule has 0 saturated heterocycles. The highest BCUT2D eigenvalue weighted by Crippen LogP contribution is 2.26. The molecular weight excluding hydrogens is 344 g/mol. The maximum Gasteiger partial charge on any atom is 0.287 e. The number of rotatable bonds is 8. The summed E-state index contributed by atoms with van der Waals surface area (Å²) in [4.78, 5) is 15.1. The predicted molar refractivity (Wildman–Crippen MR) is 106 cm³/mol. The molecule has 1 amide bonds. The van der Waals surface area contributed by atoms with Crippen LogP contribution in [0, 0.1) is 0 Å². The van der Waals surface area contributed by atoms with Gasteiger partial charge in [0.25, 0.3) is 5.91 Å². The number of carbonyl (C=O) groups excluding carboxylic acids is 1. The Kier molecular flexibility index (Phi) is 6.26. The van der Waals surface area contributed by atoms with Crippen molar-refractivity contribution in [2.24, 2.45) is 0 Å². The Balaban J connectivity index is 1.75. The van der Waals surface area contributed by atoms with Gasteiger partial charge in [-0.3, -0.25) is 9.69 Å². The summed E-state index contributed by atoms with van der Waals surface area (Å²) < 4.78 is 5.49. The Bertz CT molecular complexity index is 808. The molecule has 3 rings (SSSR count). The normalized spacial score (nSPS) is 12.3. The highest BCUT2D eigenvalue weighted by molar-refractivity contribution is 7.07. The summed E-state index contributed by atoms with van der Waals surface area (Å²) in [5.41, 5.74) is 3.03. The Morgan fingerprint density at radius 3 is 2.58 bits per heavy atom. The molecule has 0 aliphatic rings. The molecular formula is C21H24N2O2S.